The van der Waals surface area contributed by atoms with Crippen LogP contribution in [-0.2, 0) is 25.6 Å². The number of benzene rings is 1. The van der Waals surface area contributed by atoms with Crippen LogP contribution in [-0.4, -0.2) is 87.5 Å². The lowest BCUT2D eigenvalue weighted by Crippen LogP contribution is -2.60. The Labute approximate surface area is 219 Å². The van der Waals surface area contributed by atoms with Gasteiger partial charge in [0.15, 0.2) is 5.96 Å². The number of carboxylic acids is 1. The number of nitrogens with zero attached hydrogens (tertiary/aromatic N) is 1. The van der Waals surface area contributed by atoms with Crippen LogP contribution in [0.4, 0.5) is 0 Å². The number of nitrogens with two attached hydrogens (primary N) is 3. The second-order valence-corrected chi connectivity index (χ2v) is 8.66. The predicted octanol–water partition coefficient (Wildman–Crippen LogP) is -2.83. The predicted molar refractivity (Wildman–Crippen MR) is 139 cm³/mol. The van der Waals surface area contributed by atoms with Crippen LogP contribution in [0.1, 0.15) is 25.3 Å². The molecule has 0 aliphatic heterocycles. The Morgan fingerprint density at radius 3 is 2.11 bits per heavy atom. The monoisotopic (exact) mass is 541 g/mol. The van der Waals surface area contributed by atoms with Gasteiger partial charge in [-0.15, -0.1) is 0 Å². The molecule has 206 valence electrons. The van der Waals surface area contributed by atoms with Crippen molar-refractivity contribution in [2.75, 3.05) is 12.3 Å². The lowest BCUT2D eigenvalue weighted by Gasteiger charge is -2.26. The first-order chi connectivity index (χ1) is 17.3. The van der Waals surface area contributed by atoms with E-state index in [2.05, 4.69) is 33.6 Å². The minimum absolute atomic E-state index is 0.0219. The summed E-state index contributed by atoms with van der Waals surface area (Å²) in [6.07, 6.45) is -0.998. The Morgan fingerprint density at radius 1 is 1.00 bits per heavy atom. The second kappa shape index (κ2) is 15.5. The molecular weight excluding hydrogens is 506 g/mol. The van der Waals surface area contributed by atoms with Crippen molar-refractivity contribution in [3.05, 3.63) is 29.8 Å². The van der Waals surface area contributed by atoms with Gasteiger partial charge in [0, 0.05) is 12.3 Å². The number of aliphatic hydroxyl groups excluding tert-OH is 1. The summed E-state index contributed by atoms with van der Waals surface area (Å²) in [4.78, 5) is 53.4. The van der Waals surface area contributed by atoms with Crippen molar-refractivity contribution < 1.29 is 34.5 Å². The summed E-state index contributed by atoms with van der Waals surface area (Å²) >= 11 is 3.90. The van der Waals surface area contributed by atoms with Gasteiger partial charge >= 0.3 is 5.97 Å². The van der Waals surface area contributed by atoms with Crippen molar-refractivity contribution in [1.82, 2.24) is 16.0 Å². The fourth-order valence-electron chi connectivity index (χ4n) is 3.14. The number of aliphatic imine (C=N–C) groups is 1. The smallest absolute Gasteiger partial charge is 0.327 e. The third-order valence-electron chi connectivity index (χ3n) is 5.17. The molecule has 0 saturated heterocycles. The minimum Gasteiger partial charge on any atom is -0.508 e. The minimum atomic E-state index is -1.47. The maximum absolute atomic E-state index is 13.0. The zero-order chi connectivity index (χ0) is 28.1. The Morgan fingerprint density at radius 2 is 1.59 bits per heavy atom. The van der Waals surface area contributed by atoms with Crippen molar-refractivity contribution in [2.24, 2.45) is 22.2 Å². The van der Waals surface area contributed by atoms with Crippen LogP contribution in [0.2, 0.25) is 0 Å². The molecule has 0 heterocycles. The number of guanidine groups is 1. The van der Waals surface area contributed by atoms with Gasteiger partial charge in [-0.2, -0.15) is 12.6 Å². The molecule has 0 aliphatic carbocycles. The van der Waals surface area contributed by atoms with E-state index >= 15 is 0 Å². The Hall–Kier alpha value is -3.56. The van der Waals surface area contributed by atoms with Gasteiger partial charge in [-0.3, -0.25) is 19.4 Å². The summed E-state index contributed by atoms with van der Waals surface area (Å²) in [5.41, 5.74) is 17.2. The summed E-state index contributed by atoms with van der Waals surface area (Å²) < 4.78 is 0. The van der Waals surface area contributed by atoms with Crippen LogP contribution in [0, 0.1) is 0 Å². The van der Waals surface area contributed by atoms with Gasteiger partial charge in [0.2, 0.25) is 17.7 Å². The second-order valence-electron chi connectivity index (χ2n) is 8.30. The van der Waals surface area contributed by atoms with Crippen molar-refractivity contribution in [3.8, 4) is 5.75 Å². The van der Waals surface area contributed by atoms with E-state index in [1.807, 2.05) is 0 Å². The number of carboxylic acid groups (broad SMARTS) is 1. The molecule has 0 aliphatic rings. The molecule has 0 spiro atoms. The van der Waals surface area contributed by atoms with Gasteiger partial charge in [-0.05, 0) is 43.9 Å². The van der Waals surface area contributed by atoms with Gasteiger partial charge in [0.05, 0.1) is 12.1 Å². The molecule has 0 saturated carbocycles. The van der Waals surface area contributed by atoms with Crippen LogP contribution in [0.5, 0.6) is 5.75 Å². The zero-order valence-electron chi connectivity index (χ0n) is 20.3. The summed E-state index contributed by atoms with van der Waals surface area (Å²) in [5, 5.41) is 35.8. The molecule has 1 aromatic carbocycles. The maximum atomic E-state index is 13.0. The average molecular weight is 542 g/mol. The number of amides is 3. The molecule has 37 heavy (non-hydrogen) atoms. The van der Waals surface area contributed by atoms with Gasteiger partial charge in [0.25, 0.3) is 0 Å². The highest BCUT2D eigenvalue weighted by Gasteiger charge is 2.32. The maximum Gasteiger partial charge on any atom is 0.327 e. The van der Waals surface area contributed by atoms with Crippen LogP contribution in [0.15, 0.2) is 29.3 Å². The van der Waals surface area contributed by atoms with Crippen molar-refractivity contribution in [2.45, 2.75) is 56.5 Å². The lowest BCUT2D eigenvalue weighted by molar-refractivity contribution is -0.141. The summed E-state index contributed by atoms with van der Waals surface area (Å²) in [5.74, 6) is -4.05. The number of nitrogens with one attached hydrogen (secondary N) is 3. The fourth-order valence-corrected chi connectivity index (χ4v) is 3.38. The Kier molecular flexibility index (Phi) is 13.2. The fraction of sp³-hybridized carbons (Fsp3) is 0.500. The van der Waals surface area contributed by atoms with E-state index in [4.69, 9.17) is 17.2 Å². The number of phenols is 1. The normalized spacial score (nSPS) is 14.8. The summed E-state index contributed by atoms with van der Waals surface area (Å²) in [6, 6.07) is 0.963. The average Bonchev–Trinajstić information content (AvgIpc) is 2.83. The first-order valence-corrected chi connectivity index (χ1v) is 12.0. The molecular formula is C22H35N7O7S. The summed E-state index contributed by atoms with van der Waals surface area (Å²) in [6.45, 7) is 1.41. The number of hydrogen-bond acceptors (Lipinski definition) is 9. The van der Waals surface area contributed by atoms with E-state index in [0.29, 0.717) is 5.56 Å². The molecule has 15 heteroatoms. The number of thiol groups is 1. The van der Waals surface area contributed by atoms with E-state index in [0.717, 1.165) is 0 Å². The highest BCUT2D eigenvalue weighted by atomic mass is 32.1. The molecule has 0 bridgehead atoms. The third-order valence-corrected chi connectivity index (χ3v) is 5.53. The molecule has 0 fully saturated rings. The number of carbonyl (C=O) groups excluding carboxylic acids is 3. The van der Waals surface area contributed by atoms with Gasteiger partial charge in [-0.1, -0.05) is 12.1 Å². The molecule has 0 aromatic heterocycles. The number of rotatable bonds is 15. The van der Waals surface area contributed by atoms with Gasteiger partial charge in [0.1, 0.15) is 23.9 Å². The largest absolute Gasteiger partial charge is 0.508 e. The number of carbonyl (C=O) groups is 4. The highest BCUT2D eigenvalue weighted by molar-refractivity contribution is 7.80. The van der Waals surface area contributed by atoms with Crippen LogP contribution < -0.4 is 33.2 Å². The quantitative estimate of drug-likeness (QED) is 0.0471. The molecule has 3 amide bonds. The molecule has 1 rings (SSSR count). The highest BCUT2D eigenvalue weighted by Crippen LogP contribution is 2.11. The summed E-state index contributed by atoms with van der Waals surface area (Å²) in [7, 11) is 0. The lowest BCUT2D eigenvalue weighted by atomic mass is 10.0. The first kappa shape index (κ1) is 31.5. The molecule has 5 unspecified atom stereocenters. The zero-order valence-corrected chi connectivity index (χ0v) is 21.2. The number of phenolic OH excluding ortho intramolecular Hbond substituents is 1. The molecule has 1 aromatic rings. The van der Waals surface area contributed by atoms with E-state index < -0.39 is 54.0 Å². The Balaban J connectivity index is 2.93. The number of aromatic hydroxyl groups is 1. The standard InChI is InChI=1S/C22H35N7O7S/c1-11(30)17(29-18(32)14(23)9-12-4-6-13(31)7-5-12)20(34)27-15(3-2-8-26-22(24)25)19(33)28-16(10-37)21(35)36/h4-7,11,14-17,30-31,37H,2-3,8-10,23H2,1H3,(H,27,34)(H,28,33)(H,29,32)(H,35,36)(H4,24,25,26). The Bertz CT molecular complexity index is 955. The third kappa shape index (κ3) is 11.4. The first-order valence-electron chi connectivity index (χ1n) is 11.4. The van der Waals surface area contributed by atoms with Crippen molar-refractivity contribution in [3.63, 3.8) is 0 Å². The van der Waals surface area contributed by atoms with E-state index in [1.165, 1.54) is 19.1 Å². The van der Waals surface area contributed by atoms with Crippen molar-refractivity contribution >= 4 is 42.3 Å². The SMILES string of the molecule is CC(O)C(NC(=O)C(N)Cc1ccc(O)cc1)C(=O)NC(CCCN=C(N)N)C(=O)NC(CS)C(=O)O. The van der Waals surface area contributed by atoms with Gasteiger partial charge < -0.3 is 48.5 Å². The van der Waals surface area contributed by atoms with E-state index in [9.17, 15) is 34.5 Å². The van der Waals surface area contributed by atoms with Crippen LogP contribution in [0.3, 0.4) is 0 Å². The van der Waals surface area contributed by atoms with Crippen molar-refractivity contribution in [1.29, 1.82) is 0 Å². The molecule has 0 radical (unpaired) electrons. The van der Waals surface area contributed by atoms with Gasteiger partial charge in [-0.25, -0.2) is 4.79 Å². The topological polar surface area (TPSA) is 255 Å². The number of aliphatic carboxylic acids is 1. The molecule has 12 N–H and O–H groups in total. The van der Waals surface area contributed by atoms with E-state index in [1.54, 1.807) is 12.1 Å². The number of aliphatic hydroxyl groups is 1. The van der Waals surface area contributed by atoms with Crippen LogP contribution >= 0.6 is 12.6 Å². The molecule has 14 nitrogen and oxygen atoms in total. The molecule has 5 atom stereocenters. The van der Waals surface area contributed by atoms with E-state index in [-0.39, 0.29) is 43.3 Å². The van der Waals surface area contributed by atoms with Crippen LogP contribution in [0.25, 0.3) is 0 Å². The number of hydrogen-bond donors (Lipinski definition) is 10.